The van der Waals surface area contributed by atoms with Crippen LogP contribution in [-0.4, -0.2) is 36.9 Å². The van der Waals surface area contributed by atoms with Crippen molar-refractivity contribution in [3.05, 3.63) is 63.7 Å². The van der Waals surface area contributed by atoms with Crippen LogP contribution in [0.2, 0.25) is 5.02 Å². The summed E-state index contributed by atoms with van der Waals surface area (Å²) in [7, 11) is 1.60. The number of nitrogens with zero attached hydrogens (tertiary/aromatic N) is 1. The minimum atomic E-state index is -0.253. The molecule has 0 radical (unpaired) electrons. The van der Waals surface area contributed by atoms with E-state index in [-0.39, 0.29) is 25.0 Å². The molecule has 0 bridgehead atoms. The van der Waals surface area contributed by atoms with Crippen LogP contribution in [0.25, 0.3) is 6.08 Å². The molecular weight excluding hydrogens is 364 g/mol. The molecule has 2 amide bonds. The lowest BCUT2D eigenvalue weighted by atomic mass is 10.1. The van der Waals surface area contributed by atoms with Crippen LogP contribution in [0.15, 0.2) is 42.0 Å². The van der Waals surface area contributed by atoms with E-state index in [0.717, 1.165) is 22.4 Å². The molecule has 1 heterocycles. The maximum absolute atomic E-state index is 12.7. The molecule has 0 fully saturated rings. The molecule has 1 N–H and O–H groups in total. The Morgan fingerprint density at radius 1 is 1.22 bits per heavy atom. The van der Waals surface area contributed by atoms with Gasteiger partial charge in [0.2, 0.25) is 5.91 Å². The van der Waals surface area contributed by atoms with Gasteiger partial charge in [-0.3, -0.25) is 9.59 Å². The summed E-state index contributed by atoms with van der Waals surface area (Å²) in [6.07, 6.45) is 1.76. The number of benzene rings is 2. The molecule has 27 heavy (non-hydrogen) atoms. The van der Waals surface area contributed by atoms with Crippen LogP contribution in [0.5, 0.6) is 5.75 Å². The average Bonchev–Trinajstić information content (AvgIpc) is 2.64. The van der Waals surface area contributed by atoms with Crippen LogP contribution in [0.3, 0.4) is 0 Å². The fourth-order valence-electron chi connectivity index (χ4n) is 2.88. The zero-order chi connectivity index (χ0) is 19.6. The average molecular weight is 385 g/mol. The standard InChI is InChI=1S/C21H21ClN2O3/c1-13-5-4-6-18(14(13)2)23-20(25)11-24(3)21(26)16-9-15-10-17(22)7-8-19(15)27-12-16/h4-10H,11-12H2,1-3H3,(H,23,25). The normalized spacial score (nSPS) is 12.5. The Bertz CT molecular complexity index is 937. The van der Waals surface area contributed by atoms with Gasteiger partial charge in [0.1, 0.15) is 12.4 Å². The van der Waals surface area contributed by atoms with Gasteiger partial charge in [0, 0.05) is 23.3 Å². The summed E-state index contributed by atoms with van der Waals surface area (Å²) in [6.45, 7) is 4.05. The third kappa shape index (κ3) is 4.31. The largest absolute Gasteiger partial charge is 0.488 e. The molecule has 3 rings (SSSR count). The number of nitrogens with one attached hydrogen (secondary N) is 1. The van der Waals surface area contributed by atoms with Crippen LogP contribution in [0.4, 0.5) is 5.69 Å². The first-order valence-corrected chi connectivity index (χ1v) is 8.97. The number of anilines is 1. The van der Waals surface area contributed by atoms with Crippen molar-refractivity contribution in [2.75, 3.05) is 25.5 Å². The van der Waals surface area contributed by atoms with Gasteiger partial charge in [0.25, 0.3) is 5.91 Å². The molecule has 140 valence electrons. The van der Waals surface area contributed by atoms with Crippen LogP contribution in [0.1, 0.15) is 16.7 Å². The Balaban J connectivity index is 1.67. The number of ether oxygens (including phenoxy) is 1. The molecule has 0 saturated carbocycles. The Hall–Kier alpha value is -2.79. The Labute approximate surface area is 163 Å². The minimum absolute atomic E-state index is 0.0496. The lowest BCUT2D eigenvalue weighted by Crippen LogP contribution is -2.37. The number of aryl methyl sites for hydroxylation is 1. The van der Waals surface area contributed by atoms with Crippen molar-refractivity contribution >= 4 is 35.2 Å². The summed E-state index contributed by atoms with van der Waals surface area (Å²) in [4.78, 5) is 26.4. The predicted octanol–water partition coefficient (Wildman–Crippen LogP) is 3.83. The van der Waals surface area contributed by atoms with E-state index in [1.54, 1.807) is 31.3 Å². The highest BCUT2D eigenvalue weighted by Gasteiger charge is 2.22. The molecular formula is C21H21ClN2O3. The van der Waals surface area contributed by atoms with Crippen molar-refractivity contribution < 1.29 is 14.3 Å². The molecule has 0 aliphatic carbocycles. The number of carbonyl (C=O) groups excluding carboxylic acids is 2. The van der Waals surface area contributed by atoms with E-state index in [9.17, 15) is 9.59 Å². The van der Waals surface area contributed by atoms with Gasteiger partial charge in [-0.05, 0) is 55.3 Å². The summed E-state index contributed by atoms with van der Waals surface area (Å²) in [5, 5.41) is 3.43. The summed E-state index contributed by atoms with van der Waals surface area (Å²) in [5.74, 6) is 0.184. The maximum Gasteiger partial charge on any atom is 0.253 e. The van der Waals surface area contributed by atoms with Crippen LogP contribution < -0.4 is 10.1 Å². The van der Waals surface area contributed by atoms with Crippen LogP contribution in [-0.2, 0) is 9.59 Å². The van der Waals surface area contributed by atoms with Crippen molar-refractivity contribution in [1.82, 2.24) is 4.90 Å². The Morgan fingerprint density at radius 3 is 2.78 bits per heavy atom. The number of likely N-dealkylation sites (N-methyl/N-ethyl adjacent to an activating group) is 1. The van der Waals surface area contributed by atoms with Gasteiger partial charge in [0.05, 0.1) is 12.1 Å². The smallest absolute Gasteiger partial charge is 0.253 e. The summed E-state index contributed by atoms with van der Waals surface area (Å²) < 4.78 is 5.62. The highest BCUT2D eigenvalue weighted by molar-refractivity contribution is 6.30. The molecule has 1 aliphatic heterocycles. The molecule has 2 aromatic carbocycles. The fourth-order valence-corrected chi connectivity index (χ4v) is 3.06. The zero-order valence-electron chi connectivity index (χ0n) is 15.5. The zero-order valence-corrected chi connectivity index (χ0v) is 16.3. The van der Waals surface area contributed by atoms with E-state index in [0.29, 0.717) is 16.3 Å². The molecule has 0 spiro atoms. The van der Waals surface area contributed by atoms with E-state index in [4.69, 9.17) is 16.3 Å². The van der Waals surface area contributed by atoms with Crippen LogP contribution >= 0.6 is 11.6 Å². The van der Waals surface area contributed by atoms with E-state index in [2.05, 4.69) is 5.32 Å². The SMILES string of the molecule is Cc1cccc(NC(=O)CN(C)C(=O)C2=Cc3cc(Cl)ccc3OC2)c1C. The number of rotatable bonds is 4. The van der Waals surface area contributed by atoms with E-state index < -0.39 is 0 Å². The number of carbonyl (C=O) groups is 2. The van der Waals surface area contributed by atoms with Crippen molar-refractivity contribution in [3.8, 4) is 5.75 Å². The first-order valence-electron chi connectivity index (χ1n) is 8.59. The van der Waals surface area contributed by atoms with Gasteiger partial charge in [-0.2, -0.15) is 0 Å². The highest BCUT2D eigenvalue weighted by atomic mass is 35.5. The Kier molecular flexibility index (Phi) is 5.51. The molecule has 6 heteroatoms. The molecule has 2 aromatic rings. The van der Waals surface area contributed by atoms with E-state index in [1.165, 1.54) is 4.90 Å². The predicted molar refractivity (Wildman–Crippen MR) is 107 cm³/mol. The second-order valence-electron chi connectivity index (χ2n) is 6.60. The lowest BCUT2D eigenvalue weighted by Gasteiger charge is -2.22. The lowest BCUT2D eigenvalue weighted by molar-refractivity contribution is -0.130. The number of fused-ring (bicyclic) bond motifs is 1. The molecule has 0 saturated heterocycles. The number of hydrogen-bond donors (Lipinski definition) is 1. The number of halogens is 1. The first-order chi connectivity index (χ1) is 12.8. The van der Waals surface area contributed by atoms with Gasteiger partial charge in [-0.25, -0.2) is 0 Å². The van der Waals surface area contributed by atoms with Crippen molar-refractivity contribution in [2.45, 2.75) is 13.8 Å². The second kappa shape index (κ2) is 7.84. The monoisotopic (exact) mass is 384 g/mol. The Morgan fingerprint density at radius 2 is 2.00 bits per heavy atom. The third-order valence-electron chi connectivity index (χ3n) is 4.57. The van der Waals surface area contributed by atoms with Gasteiger partial charge < -0.3 is 15.0 Å². The second-order valence-corrected chi connectivity index (χ2v) is 7.03. The van der Waals surface area contributed by atoms with E-state index in [1.807, 2.05) is 32.0 Å². The van der Waals surface area contributed by atoms with Gasteiger partial charge in [-0.1, -0.05) is 23.7 Å². The third-order valence-corrected chi connectivity index (χ3v) is 4.80. The van der Waals surface area contributed by atoms with Gasteiger partial charge in [-0.15, -0.1) is 0 Å². The molecule has 0 aromatic heterocycles. The molecule has 1 aliphatic rings. The summed E-state index contributed by atoms with van der Waals surface area (Å²) in [6, 6.07) is 11.0. The topological polar surface area (TPSA) is 58.6 Å². The number of amides is 2. The highest BCUT2D eigenvalue weighted by Crippen LogP contribution is 2.29. The minimum Gasteiger partial charge on any atom is -0.488 e. The van der Waals surface area contributed by atoms with Gasteiger partial charge >= 0.3 is 0 Å². The summed E-state index contributed by atoms with van der Waals surface area (Å²) in [5.41, 5.74) is 4.09. The fraction of sp³-hybridized carbons (Fsp3) is 0.238. The summed E-state index contributed by atoms with van der Waals surface area (Å²) >= 11 is 6.00. The molecule has 0 unspecified atom stereocenters. The van der Waals surface area contributed by atoms with Gasteiger partial charge in [0.15, 0.2) is 0 Å². The molecule has 0 atom stereocenters. The van der Waals surface area contributed by atoms with Crippen LogP contribution in [0, 0.1) is 13.8 Å². The quantitative estimate of drug-likeness (QED) is 0.871. The van der Waals surface area contributed by atoms with Crippen molar-refractivity contribution in [2.24, 2.45) is 0 Å². The maximum atomic E-state index is 12.7. The molecule has 5 nitrogen and oxygen atoms in total. The van der Waals surface area contributed by atoms with Crippen molar-refractivity contribution in [3.63, 3.8) is 0 Å². The number of hydrogen-bond acceptors (Lipinski definition) is 3. The first kappa shape index (κ1) is 19.0. The van der Waals surface area contributed by atoms with E-state index >= 15 is 0 Å². The van der Waals surface area contributed by atoms with Crippen molar-refractivity contribution in [1.29, 1.82) is 0 Å².